The number of methoxy groups -OCH3 is 3. The summed E-state index contributed by atoms with van der Waals surface area (Å²) < 4.78 is 24.2. The maximum Gasteiger partial charge on any atom is 0.251 e. The summed E-state index contributed by atoms with van der Waals surface area (Å²) in [6, 6.07) is 19.2. The molecule has 36 heavy (non-hydrogen) atoms. The summed E-state index contributed by atoms with van der Waals surface area (Å²) in [4.78, 5) is 17.8. The van der Waals surface area contributed by atoms with E-state index in [0.717, 1.165) is 34.6 Å². The van der Waals surface area contributed by atoms with Gasteiger partial charge in [0.2, 0.25) is 5.75 Å². The van der Waals surface area contributed by atoms with Gasteiger partial charge in [-0.05, 0) is 49.2 Å². The second-order valence-corrected chi connectivity index (χ2v) is 8.23. The Morgan fingerprint density at radius 2 is 1.61 bits per heavy atom. The predicted molar refractivity (Wildman–Crippen MR) is 138 cm³/mol. The number of nitrogens with zero attached hydrogens (tertiary/aromatic N) is 2. The number of carbonyl (C=O) groups is 1. The van der Waals surface area contributed by atoms with Gasteiger partial charge in [0.25, 0.3) is 5.91 Å². The number of nitrogens with one attached hydrogen (secondary N) is 1. The lowest BCUT2D eigenvalue weighted by atomic mass is 10.1. The largest absolute Gasteiger partial charge is 0.493 e. The van der Waals surface area contributed by atoms with Crippen molar-refractivity contribution in [2.45, 2.75) is 26.4 Å². The molecule has 1 aromatic heterocycles. The zero-order chi connectivity index (χ0) is 25.5. The molecule has 0 radical (unpaired) electrons. The van der Waals surface area contributed by atoms with Crippen molar-refractivity contribution >= 4 is 16.9 Å². The summed E-state index contributed by atoms with van der Waals surface area (Å²) >= 11 is 0. The first-order valence-corrected chi connectivity index (χ1v) is 11.8. The van der Waals surface area contributed by atoms with Gasteiger partial charge < -0.3 is 28.8 Å². The van der Waals surface area contributed by atoms with E-state index in [2.05, 4.69) is 9.88 Å². The van der Waals surface area contributed by atoms with Gasteiger partial charge in [0.15, 0.2) is 11.5 Å². The van der Waals surface area contributed by atoms with Gasteiger partial charge in [0.05, 0.1) is 45.5 Å². The number of benzene rings is 3. The highest BCUT2D eigenvalue weighted by molar-refractivity contribution is 5.95. The molecule has 1 heterocycles. The number of hydrogen-bond donors (Lipinski definition) is 1. The number of para-hydroxylation sites is 3. The van der Waals surface area contributed by atoms with Crippen LogP contribution in [0.1, 0.15) is 28.2 Å². The zero-order valence-electron chi connectivity index (χ0n) is 21.0. The van der Waals surface area contributed by atoms with Crippen LogP contribution in [0.3, 0.4) is 0 Å². The van der Waals surface area contributed by atoms with Gasteiger partial charge in [-0.1, -0.05) is 30.3 Å². The van der Waals surface area contributed by atoms with Gasteiger partial charge in [-0.25, -0.2) is 4.98 Å². The Morgan fingerprint density at radius 1 is 0.917 bits per heavy atom. The van der Waals surface area contributed by atoms with Crippen molar-refractivity contribution in [1.29, 1.82) is 0 Å². The highest BCUT2D eigenvalue weighted by Gasteiger charge is 2.18. The maximum absolute atomic E-state index is 13.0. The van der Waals surface area contributed by atoms with E-state index in [-0.39, 0.29) is 12.5 Å². The van der Waals surface area contributed by atoms with Crippen molar-refractivity contribution in [2.75, 3.05) is 27.9 Å². The fourth-order valence-electron chi connectivity index (χ4n) is 4.11. The third kappa shape index (κ3) is 5.38. The van der Waals surface area contributed by atoms with E-state index in [1.807, 2.05) is 55.5 Å². The Morgan fingerprint density at radius 3 is 2.31 bits per heavy atom. The molecule has 1 amide bonds. The van der Waals surface area contributed by atoms with Crippen LogP contribution in [-0.4, -0.2) is 43.4 Å². The molecule has 4 rings (SSSR count). The summed E-state index contributed by atoms with van der Waals surface area (Å²) in [5.74, 6) is 2.67. The van der Waals surface area contributed by atoms with E-state index < -0.39 is 0 Å². The summed E-state index contributed by atoms with van der Waals surface area (Å²) in [7, 11) is 4.56. The van der Waals surface area contributed by atoms with Crippen LogP contribution in [0.25, 0.3) is 11.0 Å². The normalized spacial score (nSPS) is 10.8. The number of amides is 1. The Bertz CT molecular complexity index is 1320. The van der Waals surface area contributed by atoms with Gasteiger partial charge in [-0.2, -0.15) is 0 Å². The number of carbonyl (C=O) groups excluding carboxylic acids is 1. The van der Waals surface area contributed by atoms with E-state index in [1.54, 1.807) is 12.1 Å². The SMILES string of the molecule is COc1cc(C(=O)NCc2nc3ccccc3n2CCCOc2ccccc2C)cc(OC)c1OC. The monoisotopic (exact) mass is 489 g/mol. The van der Waals surface area contributed by atoms with Gasteiger partial charge >= 0.3 is 0 Å². The average molecular weight is 490 g/mol. The van der Waals surface area contributed by atoms with Crippen molar-refractivity contribution in [2.24, 2.45) is 0 Å². The second kappa shape index (κ2) is 11.5. The smallest absolute Gasteiger partial charge is 0.251 e. The summed E-state index contributed by atoms with van der Waals surface area (Å²) in [6.07, 6.45) is 0.794. The number of rotatable bonds is 11. The zero-order valence-corrected chi connectivity index (χ0v) is 21.0. The third-order valence-electron chi connectivity index (χ3n) is 5.94. The highest BCUT2D eigenvalue weighted by Crippen LogP contribution is 2.38. The number of imidazole rings is 1. The van der Waals surface area contributed by atoms with Crippen LogP contribution >= 0.6 is 0 Å². The fraction of sp³-hybridized carbons (Fsp3) is 0.286. The average Bonchev–Trinajstić information content (AvgIpc) is 3.27. The molecule has 188 valence electrons. The van der Waals surface area contributed by atoms with Crippen LogP contribution in [0.2, 0.25) is 0 Å². The van der Waals surface area contributed by atoms with E-state index in [9.17, 15) is 4.79 Å². The minimum atomic E-state index is -0.268. The number of ether oxygens (including phenoxy) is 4. The molecule has 0 saturated carbocycles. The topological polar surface area (TPSA) is 83.8 Å². The van der Waals surface area contributed by atoms with E-state index >= 15 is 0 Å². The molecule has 8 nitrogen and oxygen atoms in total. The van der Waals surface area contributed by atoms with Crippen molar-refractivity contribution in [3.05, 3.63) is 77.6 Å². The van der Waals surface area contributed by atoms with Gasteiger partial charge in [0, 0.05) is 12.1 Å². The summed E-state index contributed by atoms with van der Waals surface area (Å²) in [5.41, 5.74) is 3.42. The van der Waals surface area contributed by atoms with E-state index in [1.165, 1.54) is 21.3 Å². The number of aryl methyl sites for hydroxylation is 2. The standard InChI is InChI=1S/C28H31N3O5/c1-19-10-5-8-13-23(19)36-15-9-14-31-22-12-7-6-11-21(22)30-26(31)18-29-28(32)20-16-24(33-2)27(35-4)25(17-20)34-3/h5-8,10-13,16-17H,9,14-15,18H2,1-4H3,(H,29,32). The molecular formula is C28H31N3O5. The molecule has 0 aliphatic heterocycles. The molecule has 1 N–H and O–H groups in total. The number of hydrogen-bond acceptors (Lipinski definition) is 6. The Labute approximate surface area is 210 Å². The van der Waals surface area contributed by atoms with Crippen molar-refractivity contribution in [1.82, 2.24) is 14.9 Å². The summed E-state index contributed by atoms with van der Waals surface area (Å²) in [5, 5.41) is 2.97. The molecule has 4 aromatic rings. The van der Waals surface area contributed by atoms with Crippen LogP contribution < -0.4 is 24.3 Å². The van der Waals surface area contributed by atoms with E-state index in [4.69, 9.17) is 23.9 Å². The summed E-state index contributed by atoms with van der Waals surface area (Å²) in [6.45, 7) is 3.59. The lowest BCUT2D eigenvalue weighted by Crippen LogP contribution is -2.25. The fourth-order valence-corrected chi connectivity index (χ4v) is 4.11. The number of aromatic nitrogens is 2. The Kier molecular flexibility index (Phi) is 7.95. The molecule has 0 bridgehead atoms. The molecule has 0 fully saturated rings. The van der Waals surface area contributed by atoms with E-state index in [0.29, 0.717) is 36.0 Å². The molecule has 0 aliphatic rings. The van der Waals surface area contributed by atoms with Gasteiger partial charge in [-0.15, -0.1) is 0 Å². The maximum atomic E-state index is 13.0. The van der Waals surface area contributed by atoms with Crippen molar-refractivity contribution in [3.8, 4) is 23.0 Å². The Balaban J connectivity index is 1.48. The highest BCUT2D eigenvalue weighted by atomic mass is 16.5. The van der Waals surface area contributed by atoms with Crippen molar-refractivity contribution < 1.29 is 23.7 Å². The quantitative estimate of drug-likeness (QED) is 0.306. The van der Waals surface area contributed by atoms with Gasteiger partial charge in [0.1, 0.15) is 11.6 Å². The molecule has 0 atom stereocenters. The first-order valence-electron chi connectivity index (χ1n) is 11.8. The third-order valence-corrected chi connectivity index (χ3v) is 5.94. The molecule has 0 saturated heterocycles. The van der Waals surface area contributed by atoms with Crippen LogP contribution in [0, 0.1) is 6.92 Å². The minimum Gasteiger partial charge on any atom is -0.493 e. The molecule has 0 aliphatic carbocycles. The minimum absolute atomic E-state index is 0.267. The predicted octanol–water partition coefficient (Wildman–Crippen LogP) is 4.77. The van der Waals surface area contributed by atoms with Crippen LogP contribution in [0.4, 0.5) is 0 Å². The van der Waals surface area contributed by atoms with Gasteiger partial charge in [-0.3, -0.25) is 4.79 Å². The first kappa shape index (κ1) is 24.9. The molecule has 8 heteroatoms. The molecular weight excluding hydrogens is 458 g/mol. The number of fused-ring (bicyclic) bond motifs is 1. The van der Waals surface area contributed by atoms with Crippen LogP contribution in [-0.2, 0) is 13.1 Å². The lowest BCUT2D eigenvalue weighted by molar-refractivity contribution is 0.0948. The van der Waals surface area contributed by atoms with Crippen LogP contribution in [0.5, 0.6) is 23.0 Å². The van der Waals surface area contributed by atoms with Crippen molar-refractivity contribution in [3.63, 3.8) is 0 Å². The molecule has 0 unspecified atom stereocenters. The molecule has 3 aromatic carbocycles. The second-order valence-electron chi connectivity index (χ2n) is 8.23. The molecule has 0 spiro atoms. The lowest BCUT2D eigenvalue weighted by Gasteiger charge is -2.14. The van der Waals surface area contributed by atoms with Crippen LogP contribution in [0.15, 0.2) is 60.7 Å². The first-order chi connectivity index (χ1) is 17.5. The Hall–Kier alpha value is -4.20.